The smallest absolute Gasteiger partial charge is 0.261 e. The van der Waals surface area contributed by atoms with E-state index in [2.05, 4.69) is 15.5 Å². The van der Waals surface area contributed by atoms with Crippen molar-refractivity contribution in [3.05, 3.63) is 40.0 Å². The molecule has 17 heavy (non-hydrogen) atoms. The largest absolute Gasteiger partial charge is 0.383 e. The van der Waals surface area contributed by atoms with Gasteiger partial charge in [0.25, 0.3) is 5.91 Å². The van der Waals surface area contributed by atoms with Crippen LogP contribution >= 0.6 is 23.2 Å². The zero-order chi connectivity index (χ0) is 12.4. The topological polar surface area (TPSA) is 83.8 Å². The van der Waals surface area contributed by atoms with Gasteiger partial charge in [0.05, 0.1) is 16.9 Å². The Morgan fingerprint density at radius 2 is 2.18 bits per heavy atom. The van der Waals surface area contributed by atoms with E-state index in [0.29, 0.717) is 15.7 Å². The summed E-state index contributed by atoms with van der Waals surface area (Å²) in [5.74, 6) is -0.187. The zero-order valence-corrected chi connectivity index (χ0v) is 10.0. The van der Waals surface area contributed by atoms with Gasteiger partial charge in [0.15, 0.2) is 0 Å². The monoisotopic (exact) mass is 270 g/mol. The molecule has 0 fully saturated rings. The average Bonchev–Trinajstić information content (AvgIpc) is 2.68. The van der Waals surface area contributed by atoms with E-state index in [-0.39, 0.29) is 17.3 Å². The van der Waals surface area contributed by atoms with Gasteiger partial charge < -0.3 is 11.1 Å². The predicted molar refractivity (Wildman–Crippen MR) is 67.4 cm³/mol. The van der Waals surface area contributed by atoms with E-state index in [9.17, 15) is 4.79 Å². The molecule has 0 saturated carbocycles. The lowest BCUT2D eigenvalue weighted by Crippen LogP contribution is -2.13. The van der Waals surface area contributed by atoms with Gasteiger partial charge in [-0.05, 0) is 18.2 Å². The molecule has 1 aromatic carbocycles. The number of carbonyl (C=O) groups excluding carboxylic acids is 1. The van der Waals surface area contributed by atoms with Crippen molar-refractivity contribution in [2.45, 2.75) is 0 Å². The van der Waals surface area contributed by atoms with Crippen LogP contribution in [0.15, 0.2) is 24.4 Å². The lowest BCUT2D eigenvalue weighted by Gasteiger charge is -2.06. The third kappa shape index (κ3) is 2.51. The number of halogens is 2. The van der Waals surface area contributed by atoms with E-state index in [4.69, 9.17) is 28.9 Å². The fourth-order valence-corrected chi connectivity index (χ4v) is 1.71. The van der Waals surface area contributed by atoms with E-state index in [1.165, 1.54) is 12.3 Å². The summed E-state index contributed by atoms with van der Waals surface area (Å²) in [5, 5.41) is 9.59. The van der Waals surface area contributed by atoms with Gasteiger partial charge in [0.1, 0.15) is 11.4 Å². The molecule has 1 amide bonds. The third-order valence-electron chi connectivity index (χ3n) is 2.09. The lowest BCUT2D eigenvalue weighted by atomic mass is 10.2. The number of aromatic nitrogens is 2. The maximum Gasteiger partial charge on any atom is 0.261 e. The Morgan fingerprint density at radius 1 is 1.41 bits per heavy atom. The first-order chi connectivity index (χ1) is 8.08. The van der Waals surface area contributed by atoms with Gasteiger partial charge in [-0.2, -0.15) is 5.10 Å². The summed E-state index contributed by atoms with van der Waals surface area (Å²) >= 11 is 11.7. The van der Waals surface area contributed by atoms with Crippen LogP contribution in [0.3, 0.4) is 0 Å². The van der Waals surface area contributed by atoms with Gasteiger partial charge in [-0.25, -0.2) is 0 Å². The minimum absolute atomic E-state index is 0.201. The van der Waals surface area contributed by atoms with Crippen LogP contribution in [0, 0.1) is 0 Å². The van der Waals surface area contributed by atoms with Crippen molar-refractivity contribution >= 4 is 40.6 Å². The van der Waals surface area contributed by atoms with Crippen LogP contribution in [-0.4, -0.2) is 16.1 Å². The molecule has 1 heterocycles. The van der Waals surface area contributed by atoms with Crippen LogP contribution in [0.1, 0.15) is 10.4 Å². The van der Waals surface area contributed by atoms with Gasteiger partial charge >= 0.3 is 0 Å². The molecular formula is C10H8Cl2N4O. The molecule has 0 radical (unpaired) electrons. The number of nitrogens with two attached hydrogens (primary N) is 1. The van der Waals surface area contributed by atoms with Crippen molar-refractivity contribution in [3.8, 4) is 0 Å². The Morgan fingerprint density at radius 3 is 2.76 bits per heavy atom. The first kappa shape index (κ1) is 11.8. The Bertz CT molecular complexity index is 567. The average molecular weight is 271 g/mol. The van der Waals surface area contributed by atoms with E-state index < -0.39 is 0 Å². The minimum atomic E-state index is -0.388. The molecule has 0 aliphatic rings. The van der Waals surface area contributed by atoms with Gasteiger partial charge in [-0.15, -0.1) is 0 Å². The van der Waals surface area contributed by atoms with Crippen molar-refractivity contribution in [1.82, 2.24) is 10.2 Å². The second-order valence-corrected chi connectivity index (χ2v) is 4.12. The van der Waals surface area contributed by atoms with Crippen LogP contribution in [-0.2, 0) is 0 Å². The summed E-state index contributed by atoms with van der Waals surface area (Å²) in [6.07, 6.45) is 1.34. The zero-order valence-electron chi connectivity index (χ0n) is 8.50. The standard InChI is InChI=1S/C10H8Cl2N4O/c11-5-1-2-8(7(12)3-5)15-10(17)6-4-14-16-9(6)13/h1-4H,(H,15,17)(H3,13,14,16). The number of nitrogens with one attached hydrogen (secondary N) is 2. The molecule has 0 atom stereocenters. The highest BCUT2D eigenvalue weighted by atomic mass is 35.5. The third-order valence-corrected chi connectivity index (χ3v) is 2.64. The van der Waals surface area contributed by atoms with Crippen LogP contribution in [0.5, 0.6) is 0 Å². The summed E-state index contributed by atoms with van der Waals surface area (Å²) in [6.45, 7) is 0. The number of amides is 1. The second kappa shape index (κ2) is 4.65. The molecule has 5 nitrogen and oxygen atoms in total. The number of nitrogen functional groups attached to an aromatic ring is 1. The lowest BCUT2D eigenvalue weighted by molar-refractivity contribution is 0.102. The number of aromatic amines is 1. The van der Waals surface area contributed by atoms with E-state index in [1.54, 1.807) is 12.1 Å². The first-order valence-corrected chi connectivity index (χ1v) is 5.39. The molecule has 0 spiro atoms. The number of hydrogen-bond donors (Lipinski definition) is 3. The van der Waals surface area contributed by atoms with Gasteiger partial charge in [-0.3, -0.25) is 9.89 Å². The molecule has 88 valence electrons. The summed E-state index contributed by atoms with van der Waals surface area (Å²) in [5.41, 5.74) is 6.24. The highest BCUT2D eigenvalue weighted by molar-refractivity contribution is 6.36. The Kier molecular flexibility index (Phi) is 3.21. The van der Waals surface area contributed by atoms with Crippen LogP contribution < -0.4 is 11.1 Å². The molecule has 1 aromatic heterocycles. The molecule has 2 rings (SSSR count). The fraction of sp³-hybridized carbons (Fsp3) is 0. The normalized spacial score (nSPS) is 10.2. The van der Waals surface area contributed by atoms with Crippen molar-refractivity contribution in [1.29, 1.82) is 0 Å². The van der Waals surface area contributed by atoms with Crippen molar-refractivity contribution < 1.29 is 4.79 Å². The summed E-state index contributed by atoms with van der Waals surface area (Å²) in [4.78, 5) is 11.8. The summed E-state index contributed by atoms with van der Waals surface area (Å²) in [6, 6.07) is 4.78. The number of rotatable bonds is 2. The van der Waals surface area contributed by atoms with Crippen LogP contribution in [0.2, 0.25) is 10.0 Å². The van der Waals surface area contributed by atoms with Crippen molar-refractivity contribution in [3.63, 3.8) is 0 Å². The van der Waals surface area contributed by atoms with Crippen LogP contribution in [0.4, 0.5) is 11.5 Å². The Labute approximate surface area is 107 Å². The maximum absolute atomic E-state index is 11.8. The van der Waals surface area contributed by atoms with E-state index in [0.717, 1.165) is 0 Å². The first-order valence-electron chi connectivity index (χ1n) is 4.63. The predicted octanol–water partition coefficient (Wildman–Crippen LogP) is 2.55. The van der Waals surface area contributed by atoms with Gasteiger partial charge in [-0.1, -0.05) is 23.2 Å². The van der Waals surface area contributed by atoms with E-state index >= 15 is 0 Å². The number of benzene rings is 1. The number of hydrogen-bond acceptors (Lipinski definition) is 3. The highest BCUT2D eigenvalue weighted by Crippen LogP contribution is 2.26. The van der Waals surface area contributed by atoms with Crippen molar-refractivity contribution in [2.75, 3.05) is 11.1 Å². The molecule has 0 saturated heterocycles. The quantitative estimate of drug-likeness (QED) is 0.784. The molecule has 2 aromatic rings. The van der Waals surface area contributed by atoms with Crippen molar-refractivity contribution in [2.24, 2.45) is 0 Å². The van der Waals surface area contributed by atoms with E-state index in [1.807, 2.05) is 0 Å². The maximum atomic E-state index is 11.8. The number of H-pyrrole nitrogens is 1. The fourth-order valence-electron chi connectivity index (χ4n) is 1.26. The molecule has 4 N–H and O–H groups in total. The van der Waals surface area contributed by atoms with Gasteiger partial charge in [0.2, 0.25) is 0 Å². The Hall–Kier alpha value is -1.72. The number of anilines is 2. The van der Waals surface area contributed by atoms with Gasteiger partial charge in [0, 0.05) is 5.02 Å². The molecular weight excluding hydrogens is 263 g/mol. The molecule has 0 aliphatic carbocycles. The molecule has 0 unspecified atom stereocenters. The highest BCUT2D eigenvalue weighted by Gasteiger charge is 2.13. The minimum Gasteiger partial charge on any atom is -0.383 e. The SMILES string of the molecule is Nc1[nH]ncc1C(=O)Nc1ccc(Cl)cc1Cl. The molecule has 7 heteroatoms. The second-order valence-electron chi connectivity index (χ2n) is 3.28. The molecule has 0 aliphatic heterocycles. The number of carbonyl (C=O) groups is 1. The summed E-state index contributed by atoms with van der Waals surface area (Å²) in [7, 11) is 0. The number of nitrogens with zero attached hydrogens (tertiary/aromatic N) is 1. The molecule has 0 bridgehead atoms. The Balaban J connectivity index is 2.22. The van der Waals surface area contributed by atoms with Crippen LogP contribution in [0.25, 0.3) is 0 Å². The summed E-state index contributed by atoms with van der Waals surface area (Å²) < 4.78 is 0.